The Morgan fingerprint density at radius 1 is 0.477 bits per heavy atom. The van der Waals surface area contributed by atoms with Crippen molar-refractivity contribution < 1.29 is 31.1 Å². The highest BCUT2D eigenvalue weighted by Crippen LogP contribution is 2.47. The standard InChI is InChI=1S/C37H24F6O/c38-36(39,40)33-23-30(34(25-10-3-1-4-11-25)26-12-5-2-6-13-26)22-32(29-16-15-24-9-7-8-14-28(24)21-29)35(33)27-17-19-31(20-18-27)44-37(41,42)43/h1-23,34H. The van der Waals surface area contributed by atoms with Crippen LogP contribution in [-0.4, -0.2) is 6.36 Å². The van der Waals surface area contributed by atoms with Crippen LogP contribution in [0.15, 0.2) is 140 Å². The molecule has 0 saturated heterocycles. The van der Waals surface area contributed by atoms with Crippen molar-refractivity contribution in [1.29, 1.82) is 0 Å². The van der Waals surface area contributed by atoms with Crippen LogP contribution in [0, 0.1) is 0 Å². The zero-order chi connectivity index (χ0) is 30.9. The molecule has 7 heteroatoms. The van der Waals surface area contributed by atoms with Crippen LogP contribution in [0.4, 0.5) is 26.3 Å². The molecule has 6 aromatic carbocycles. The molecule has 0 radical (unpaired) electrons. The van der Waals surface area contributed by atoms with E-state index in [0.29, 0.717) is 16.7 Å². The Kier molecular flexibility index (Phi) is 7.64. The van der Waals surface area contributed by atoms with Gasteiger partial charge in [0.1, 0.15) is 5.75 Å². The van der Waals surface area contributed by atoms with Gasteiger partial charge in [-0.2, -0.15) is 13.2 Å². The summed E-state index contributed by atoms with van der Waals surface area (Å²) >= 11 is 0. The van der Waals surface area contributed by atoms with Crippen molar-refractivity contribution in [2.24, 2.45) is 0 Å². The van der Waals surface area contributed by atoms with Gasteiger partial charge in [0, 0.05) is 11.5 Å². The number of benzene rings is 6. The highest BCUT2D eigenvalue weighted by molar-refractivity contribution is 5.93. The number of hydrogen-bond acceptors (Lipinski definition) is 1. The zero-order valence-electron chi connectivity index (χ0n) is 23.0. The van der Waals surface area contributed by atoms with E-state index in [2.05, 4.69) is 4.74 Å². The Bertz CT molecular complexity index is 1850. The quantitative estimate of drug-likeness (QED) is 0.137. The monoisotopic (exact) mass is 598 g/mol. The first-order valence-corrected chi connectivity index (χ1v) is 13.8. The minimum atomic E-state index is -4.93. The van der Waals surface area contributed by atoms with Gasteiger partial charge in [-0.3, -0.25) is 0 Å². The Morgan fingerprint density at radius 2 is 1.02 bits per heavy atom. The molecule has 0 N–H and O–H groups in total. The molecular weight excluding hydrogens is 574 g/mol. The third kappa shape index (κ3) is 6.18. The van der Waals surface area contributed by atoms with Crippen molar-refractivity contribution >= 4 is 10.8 Å². The van der Waals surface area contributed by atoms with Gasteiger partial charge in [0.05, 0.1) is 5.56 Å². The topological polar surface area (TPSA) is 9.23 Å². The molecule has 6 aromatic rings. The lowest BCUT2D eigenvalue weighted by atomic mass is 9.80. The van der Waals surface area contributed by atoms with Crippen LogP contribution >= 0.6 is 0 Å². The minimum Gasteiger partial charge on any atom is -0.406 e. The molecule has 0 atom stereocenters. The third-order valence-electron chi connectivity index (χ3n) is 7.50. The predicted octanol–water partition coefficient (Wildman–Crippen LogP) is 11.3. The molecule has 0 saturated carbocycles. The lowest BCUT2D eigenvalue weighted by Crippen LogP contribution is -2.17. The van der Waals surface area contributed by atoms with Gasteiger partial charge < -0.3 is 4.74 Å². The zero-order valence-corrected chi connectivity index (χ0v) is 23.0. The third-order valence-corrected chi connectivity index (χ3v) is 7.50. The van der Waals surface area contributed by atoms with E-state index >= 15 is 13.2 Å². The van der Waals surface area contributed by atoms with Crippen LogP contribution < -0.4 is 4.74 Å². The Labute approximate surface area is 250 Å². The first-order valence-electron chi connectivity index (χ1n) is 13.8. The van der Waals surface area contributed by atoms with Crippen molar-refractivity contribution in [3.8, 4) is 28.0 Å². The highest BCUT2D eigenvalue weighted by atomic mass is 19.4. The van der Waals surface area contributed by atoms with Crippen molar-refractivity contribution in [2.45, 2.75) is 18.5 Å². The van der Waals surface area contributed by atoms with E-state index in [1.54, 1.807) is 12.1 Å². The summed E-state index contributed by atoms with van der Waals surface area (Å²) in [7, 11) is 0. The summed E-state index contributed by atoms with van der Waals surface area (Å²) in [5, 5.41) is 1.76. The molecule has 6 rings (SSSR count). The summed E-state index contributed by atoms with van der Waals surface area (Å²) in [5.41, 5.74) is 2.00. The molecule has 1 nitrogen and oxygen atoms in total. The van der Waals surface area contributed by atoms with Crippen LogP contribution in [0.25, 0.3) is 33.0 Å². The summed E-state index contributed by atoms with van der Waals surface area (Å²) in [6.07, 6.45) is -9.71. The molecule has 0 aliphatic heterocycles. The Morgan fingerprint density at radius 3 is 1.59 bits per heavy atom. The fraction of sp³-hybridized carbons (Fsp3) is 0.0811. The molecule has 0 aliphatic rings. The smallest absolute Gasteiger partial charge is 0.406 e. The summed E-state index contributed by atoms with van der Waals surface area (Å²) in [4.78, 5) is 0. The lowest BCUT2D eigenvalue weighted by molar-refractivity contribution is -0.274. The first kappa shape index (κ1) is 29.1. The number of hydrogen-bond donors (Lipinski definition) is 0. The van der Waals surface area contributed by atoms with E-state index in [1.807, 2.05) is 97.1 Å². The summed E-state index contributed by atoms with van der Waals surface area (Å²) in [5.74, 6) is -1.04. The molecule has 220 valence electrons. The molecule has 0 spiro atoms. The predicted molar refractivity (Wildman–Crippen MR) is 160 cm³/mol. The van der Waals surface area contributed by atoms with Gasteiger partial charge >= 0.3 is 12.5 Å². The number of alkyl halides is 6. The molecule has 0 fully saturated rings. The fourth-order valence-electron chi connectivity index (χ4n) is 5.64. The van der Waals surface area contributed by atoms with Crippen LogP contribution in [0.1, 0.15) is 28.2 Å². The molecule has 0 aliphatic carbocycles. The molecule has 0 heterocycles. The average Bonchev–Trinajstić information content (AvgIpc) is 3.01. The maximum absolute atomic E-state index is 15.1. The Balaban J connectivity index is 1.65. The van der Waals surface area contributed by atoms with Crippen molar-refractivity contribution in [3.05, 3.63) is 162 Å². The minimum absolute atomic E-state index is 0.109. The largest absolute Gasteiger partial charge is 0.573 e. The summed E-state index contributed by atoms with van der Waals surface area (Å²) < 4.78 is 87.6. The highest BCUT2D eigenvalue weighted by Gasteiger charge is 2.37. The molecule has 0 bridgehead atoms. The van der Waals surface area contributed by atoms with Gasteiger partial charge in [-0.15, -0.1) is 13.2 Å². The van der Waals surface area contributed by atoms with Gasteiger partial charge in [0.25, 0.3) is 0 Å². The second-order valence-corrected chi connectivity index (χ2v) is 10.4. The van der Waals surface area contributed by atoms with Crippen molar-refractivity contribution in [2.75, 3.05) is 0 Å². The number of ether oxygens (including phenoxy) is 1. The van der Waals surface area contributed by atoms with Gasteiger partial charge in [-0.1, -0.05) is 109 Å². The maximum atomic E-state index is 15.1. The SMILES string of the molecule is FC(F)(F)Oc1ccc(-c2c(-c3ccc4ccccc4c3)cc(C(c3ccccc3)c3ccccc3)cc2C(F)(F)F)cc1. The molecule has 0 aromatic heterocycles. The van der Waals surface area contributed by atoms with E-state index in [0.717, 1.165) is 40.1 Å². The van der Waals surface area contributed by atoms with Crippen LogP contribution in [0.3, 0.4) is 0 Å². The number of fused-ring (bicyclic) bond motifs is 1. The lowest BCUT2D eigenvalue weighted by Gasteiger charge is -2.25. The fourth-order valence-corrected chi connectivity index (χ4v) is 5.64. The molecule has 44 heavy (non-hydrogen) atoms. The van der Waals surface area contributed by atoms with Crippen molar-refractivity contribution in [3.63, 3.8) is 0 Å². The van der Waals surface area contributed by atoms with E-state index in [9.17, 15) is 13.2 Å². The van der Waals surface area contributed by atoms with Gasteiger partial charge in [-0.25, -0.2) is 0 Å². The van der Waals surface area contributed by atoms with Gasteiger partial charge in [0.15, 0.2) is 0 Å². The van der Waals surface area contributed by atoms with Gasteiger partial charge in [-0.05, 0) is 74.5 Å². The van der Waals surface area contributed by atoms with Crippen molar-refractivity contribution in [1.82, 2.24) is 0 Å². The molecular formula is C37H24F6O. The molecule has 0 amide bonds. The van der Waals surface area contributed by atoms with Crippen LogP contribution in [-0.2, 0) is 6.18 Å². The number of rotatable bonds is 6. The second-order valence-electron chi connectivity index (χ2n) is 10.4. The average molecular weight is 599 g/mol. The van der Waals surface area contributed by atoms with E-state index in [4.69, 9.17) is 0 Å². The van der Waals surface area contributed by atoms with Gasteiger partial charge in [0.2, 0.25) is 0 Å². The van der Waals surface area contributed by atoms with E-state index < -0.39 is 29.8 Å². The summed E-state index contributed by atoms with van der Waals surface area (Å²) in [6, 6.07) is 39.0. The van der Waals surface area contributed by atoms with E-state index in [1.165, 1.54) is 12.1 Å². The Hall–Kier alpha value is -5.04. The normalized spacial score (nSPS) is 12.1. The maximum Gasteiger partial charge on any atom is 0.573 e. The van der Waals surface area contributed by atoms with E-state index in [-0.39, 0.29) is 11.1 Å². The number of halogens is 6. The molecule has 0 unspecified atom stereocenters. The first-order chi connectivity index (χ1) is 21.1. The second kappa shape index (κ2) is 11.6. The summed E-state index contributed by atoms with van der Waals surface area (Å²) in [6.45, 7) is 0. The van der Waals surface area contributed by atoms with Crippen LogP contribution in [0.5, 0.6) is 5.75 Å². The van der Waals surface area contributed by atoms with Crippen LogP contribution in [0.2, 0.25) is 0 Å².